The van der Waals surface area contributed by atoms with Gasteiger partial charge in [0.2, 0.25) is 0 Å². The average molecular weight is 393 g/mol. The number of urea groups is 1. The predicted molar refractivity (Wildman–Crippen MR) is 103 cm³/mol. The molecular weight excluding hydrogens is 364 g/mol. The average Bonchev–Trinajstić information content (AvgIpc) is 2.86. The van der Waals surface area contributed by atoms with Gasteiger partial charge in [-0.1, -0.05) is 31.4 Å². The lowest BCUT2D eigenvalue weighted by molar-refractivity contribution is -0.133. The van der Waals surface area contributed by atoms with E-state index < -0.39 is 21.4 Å². The summed E-state index contributed by atoms with van der Waals surface area (Å²) in [5.74, 6) is -0.149. The van der Waals surface area contributed by atoms with E-state index in [1.165, 1.54) is 11.3 Å². The Morgan fingerprint density at radius 3 is 2.56 bits per heavy atom. The molecule has 0 bridgehead atoms. The van der Waals surface area contributed by atoms with Gasteiger partial charge < -0.3 is 5.32 Å². The Morgan fingerprint density at radius 2 is 1.89 bits per heavy atom. The van der Waals surface area contributed by atoms with Crippen LogP contribution >= 0.6 is 0 Å². The Hall–Kier alpha value is -1.89. The van der Waals surface area contributed by atoms with Gasteiger partial charge in [0.15, 0.2) is 9.84 Å². The molecule has 3 rings (SSSR count). The number of rotatable bonds is 6. The van der Waals surface area contributed by atoms with Crippen molar-refractivity contribution in [2.24, 2.45) is 5.92 Å². The lowest BCUT2D eigenvalue weighted by Crippen LogP contribution is -2.51. The highest BCUT2D eigenvalue weighted by atomic mass is 32.2. The van der Waals surface area contributed by atoms with Gasteiger partial charge >= 0.3 is 6.03 Å². The minimum Gasteiger partial charge on any atom is -0.323 e. The summed E-state index contributed by atoms with van der Waals surface area (Å²) in [4.78, 5) is 26.7. The molecule has 1 N–H and O–H groups in total. The van der Waals surface area contributed by atoms with E-state index >= 15 is 0 Å². The number of nitrogens with zero attached hydrogens (tertiary/aromatic N) is 1. The second kappa shape index (κ2) is 7.62. The van der Waals surface area contributed by atoms with E-state index in [4.69, 9.17) is 0 Å². The minimum absolute atomic E-state index is 0.0896. The summed E-state index contributed by atoms with van der Waals surface area (Å²) in [5.41, 5.74) is 0.0286. The SMILES string of the molecule is Cc1cccc(S(=O)(=O)CCCN2C(=O)NC(C)(C3CCCCC3)C2=O)c1. The van der Waals surface area contributed by atoms with Crippen LogP contribution in [-0.4, -0.2) is 43.1 Å². The zero-order chi connectivity index (χ0) is 19.7. The van der Waals surface area contributed by atoms with Crippen molar-refractivity contribution in [1.82, 2.24) is 10.2 Å². The Labute approximate surface area is 161 Å². The van der Waals surface area contributed by atoms with Crippen molar-refractivity contribution in [3.63, 3.8) is 0 Å². The van der Waals surface area contributed by atoms with Crippen LogP contribution in [0.4, 0.5) is 4.79 Å². The molecule has 27 heavy (non-hydrogen) atoms. The molecule has 1 aliphatic carbocycles. The van der Waals surface area contributed by atoms with Crippen molar-refractivity contribution in [2.75, 3.05) is 12.3 Å². The summed E-state index contributed by atoms with van der Waals surface area (Å²) in [7, 11) is -3.43. The monoisotopic (exact) mass is 392 g/mol. The quantitative estimate of drug-likeness (QED) is 0.754. The van der Waals surface area contributed by atoms with Crippen molar-refractivity contribution in [2.45, 2.75) is 62.8 Å². The molecular formula is C20H28N2O4S. The first kappa shape index (κ1) is 19.9. The van der Waals surface area contributed by atoms with E-state index in [0.29, 0.717) is 0 Å². The third-order valence-corrected chi connectivity index (χ3v) is 7.66. The van der Waals surface area contributed by atoms with Crippen LogP contribution in [0.1, 0.15) is 51.0 Å². The maximum atomic E-state index is 12.9. The standard InChI is InChI=1S/C20H28N2O4S/c1-15-8-6-11-17(14-15)27(25,26)13-7-12-22-18(23)20(2,21-19(22)24)16-9-4-3-5-10-16/h6,8,11,14,16H,3-5,7,9-10,12-13H2,1-2H3,(H,21,24). The number of hydrogen-bond donors (Lipinski definition) is 1. The topological polar surface area (TPSA) is 83.6 Å². The number of sulfone groups is 1. The first-order valence-corrected chi connectivity index (χ1v) is 11.3. The lowest BCUT2D eigenvalue weighted by atomic mass is 9.75. The molecule has 1 unspecified atom stereocenters. The predicted octanol–water partition coefficient (Wildman–Crippen LogP) is 3.05. The maximum absolute atomic E-state index is 12.9. The zero-order valence-corrected chi connectivity index (χ0v) is 16.8. The molecule has 1 saturated carbocycles. The van der Waals surface area contributed by atoms with Crippen LogP contribution in [0.3, 0.4) is 0 Å². The summed E-state index contributed by atoms with van der Waals surface area (Å²) >= 11 is 0. The van der Waals surface area contributed by atoms with Crippen molar-refractivity contribution < 1.29 is 18.0 Å². The van der Waals surface area contributed by atoms with Crippen LogP contribution in [0.15, 0.2) is 29.2 Å². The number of nitrogens with one attached hydrogen (secondary N) is 1. The Morgan fingerprint density at radius 1 is 1.19 bits per heavy atom. The molecule has 1 saturated heterocycles. The van der Waals surface area contributed by atoms with Crippen molar-refractivity contribution >= 4 is 21.8 Å². The smallest absolute Gasteiger partial charge is 0.323 e. The van der Waals surface area contributed by atoms with Gasteiger partial charge in [-0.2, -0.15) is 0 Å². The highest BCUT2D eigenvalue weighted by Crippen LogP contribution is 2.36. The number of benzene rings is 1. The van der Waals surface area contributed by atoms with Gasteiger partial charge in [-0.3, -0.25) is 9.69 Å². The molecule has 0 spiro atoms. The third-order valence-electron chi connectivity index (χ3n) is 5.87. The van der Waals surface area contributed by atoms with Gasteiger partial charge in [0.05, 0.1) is 10.6 Å². The number of hydrogen-bond acceptors (Lipinski definition) is 4. The molecule has 2 fully saturated rings. The van der Waals surface area contributed by atoms with Crippen molar-refractivity contribution in [3.8, 4) is 0 Å². The fraction of sp³-hybridized carbons (Fsp3) is 0.600. The van der Waals surface area contributed by atoms with Gasteiger partial charge in [-0.25, -0.2) is 13.2 Å². The van der Waals surface area contributed by atoms with Crippen LogP contribution < -0.4 is 5.32 Å². The van der Waals surface area contributed by atoms with Gasteiger partial charge in [-0.15, -0.1) is 0 Å². The Balaban J connectivity index is 1.62. The first-order chi connectivity index (χ1) is 12.7. The molecule has 1 aromatic carbocycles. The summed E-state index contributed by atoms with van der Waals surface area (Å²) < 4.78 is 25.0. The summed E-state index contributed by atoms with van der Waals surface area (Å²) in [6, 6.07) is 6.38. The second-order valence-corrected chi connectivity index (χ2v) is 10.0. The van der Waals surface area contributed by atoms with Gasteiger partial charge in [0.1, 0.15) is 5.54 Å². The van der Waals surface area contributed by atoms with E-state index in [9.17, 15) is 18.0 Å². The molecule has 2 aliphatic rings. The molecule has 1 aromatic rings. The lowest BCUT2D eigenvalue weighted by Gasteiger charge is -2.34. The van der Waals surface area contributed by atoms with E-state index in [1.54, 1.807) is 18.2 Å². The van der Waals surface area contributed by atoms with E-state index in [1.807, 2.05) is 19.9 Å². The first-order valence-electron chi connectivity index (χ1n) is 9.67. The molecule has 0 radical (unpaired) electrons. The number of aryl methyl sites for hydroxylation is 1. The zero-order valence-electron chi connectivity index (χ0n) is 16.0. The van der Waals surface area contributed by atoms with Gasteiger partial charge in [-0.05, 0) is 56.7 Å². The van der Waals surface area contributed by atoms with E-state index in [-0.39, 0.29) is 35.4 Å². The Kier molecular flexibility index (Phi) is 5.60. The Bertz CT molecular complexity index is 830. The van der Waals surface area contributed by atoms with E-state index in [0.717, 1.165) is 31.2 Å². The maximum Gasteiger partial charge on any atom is 0.325 e. The summed E-state index contributed by atoms with van der Waals surface area (Å²) in [6.45, 7) is 3.78. The largest absolute Gasteiger partial charge is 0.325 e. The molecule has 0 aromatic heterocycles. The molecule has 1 heterocycles. The fourth-order valence-corrected chi connectivity index (χ4v) is 5.61. The van der Waals surface area contributed by atoms with Crippen molar-refractivity contribution in [3.05, 3.63) is 29.8 Å². The molecule has 1 aliphatic heterocycles. The highest BCUT2D eigenvalue weighted by molar-refractivity contribution is 7.91. The molecule has 7 heteroatoms. The minimum atomic E-state index is -3.43. The normalized spacial score (nSPS) is 24.3. The van der Waals surface area contributed by atoms with Crippen LogP contribution in [0, 0.1) is 12.8 Å². The van der Waals surface area contributed by atoms with Crippen LogP contribution in [0.2, 0.25) is 0 Å². The third kappa shape index (κ3) is 4.03. The van der Waals surface area contributed by atoms with E-state index in [2.05, 4.69) is 5.32 Å². The summed E-state index contributed by atoms with van der Waals surface area (Å²) in [5, 5.41) is 2.87. The molecule has 6 nitrogen and oxygen atoms in total. The molecule has 148 valence electrons. The number of carbonyl (C=O) groups excluding carboxylic acids is 2. The number of carbonyl (C=O) groups is 2. The number of amides is 3. The second-order valence-electron chi connectivity index (χ2n) is 7.91. The summed E-state index contributed by atoms with van der Waals surface area (Å²) in [6.07, 6.45) is 5.46. The molecule has 1 atom stereocenters. The van der Waals surface area contributed by atoms with Crippen LogP contribution in [0.25, 0.3) is 0 Å². The van der Waals surface area contributed by atoms with Gasteiger partial charge in [0, 0.05) is 6.54 Å². The fourth-order valence-electron chi connectivity index (χ4n) is 4.21. The van der Waals surface area contributed by atoms with Crippen LogP contribution in [-0.2, 0) is 14.6 Å². The van der Waals surface area contributed by atoms with Crippen molar-refractivity contribution in [1.29, 1.82) is 0 Å². The highest BCUT2D eigenvalue weighted by Gasteiger charge is 2.52. The van der Waals surface area contributed by atoms with Gasteiger partial charge in [0.25, 0.3) is 5.91 Å². The molecule has 3 amide bonds. The van der Waals surface area contributed by atoms with Crippen LogP contribution in [0.5, 0.6) is 0 Å². The number of imide groups is 1.